The highest BCUT2D eigenvalue weighted by molar-refractivity contribution is 6.68. The van der Waals surface area contributed by atoms with Crippen molar-refractivity contribution in [2.45, 2.75) is 6.92 Å². The van der Waals surface area contributed by atoms with Crippen LogP contribution in [0.15, 0.2) is 17.2 Å². The van der Waals surface area contributed by atoms with E-state index in [0.717, 1.165) is 4.92 Å². The number of ether oxygens (including phenoxy) is 1. The van der Waals surface area contributed by atoms with E-state index >= 15 is 0 Å². The summed E-state index contributed by atoms with van der Waals surface area (Å²) in [6.07, 6.45) is 0.674. The maximum Gasteiger partial charge on any atom is 0.479 e. The number of benzene rings is 1. The third-order valence-corrected chi connectivity index (χ3v) is 2.69. The minimum atomic E-state index is -1.26. The second kappa shape index (κ2) is 4.10. The summed E-state index contributed by atoms with van der Waals surface area (Å²) in [6.45, 7) is 1.66. The normalized spacial score (nSPS) is 13.6. The lowest BCUT2D eigenvalue weighted by Gasteiger charge is -2.25. The van der Waals surface area contributed by atoms with Gasteiger partial charge in [0.25, 0.3) is 0 Å². The molecule has 7 heteroatoms. The number of fused-ring (bicyclic) bond motifs is 1. The zero-order chi connectivity index (χ0) is 12.6. The molecule has 17 heavy (non-hydrogen) atoms. The lowest BCUT2D eigenvalue weighted by atomic mass is 9.67. The molecule has 2 N–H and O–H groups in total. The van der Waals surface area contributed by atoms with Crippen molar-refractivity contribution in [1.29, 1.82) is 0 Å². The van der Waals surface area contributed by atoms with Gasteiger partial charge in [0.2, 0.25) is 0 Å². The SMILES string of the molecule is COC(=O)N1N=Cc2ccc(O)c(C)c2B1O. The van der Waals surface area contributed by atoms with Gasteiger partial charge in [-0.05, 0) is 29.6 Å². The molecule has 1 aliphatic rings. The van der Waals surface area contributed by atoms with Crippen molar-refractivity contribution in [3.8, 4) is 5.75 Å². The zero-order valence-corrected chi connectivity index (χ0v) is 9.41. The van der Waals surface area contributed by atoms with Gasteiger partial charge in [-0.3, -0.25) is 0 Å². The molecule has 0 unspecified atom stereocenters. The number of phenols is 1. The molecule has 2 rings (SSSR count). The van der Waals surface area contributed by atoms with Crippen molar-refractivity contribution in [3.63, 3.8) is 0 Å². The van der Waals surface area contributed by atoms with Crippen LogP contribution in [-0.4, -0.2) is 41.5 Å². The first kappa shape index (κ1) is 11.5. The number of amides is 1. The van der Waals surface area contributed by atoms with Crippen LogP contribution in [0.4, 0.5) is 4.79 Å². The molecular weight excluding hydrogens is 223 g/mol. The van der Waals surface area contributed by atoms with E-state index in [0.29, 0.717) is 16.6 Å². The van der Waals surface area contributed by atoms with Crippen molar-refractivity contribution in [3.05, 3.63) is 23.3 Å². The zero-order valence-electron chi connectivity index (χ0n) is 9.41. The third-order valence-electron chi connectivity index (χ3n) is 2.69. The van der Waals surface area contributed by atoms with Crippen LogP contribution >= 0.6 is 0 Å². The molecule has 1 heterocycles. The van der Waals surface area contributed by atoms with Gasteiger partial charge in [-0.1, -0.05) is 6.07 Å². The van der Waals surface area contributed by atoms with E-state index in [2.05, 4.69) is 9.84 Å². The van der Waals surface area contributed by atoms with Crippen LogP contribution in [0.1, 0.15) is 11.1 Å². The van der Waals surface area contributed by atoms with Gasteiger partial charge < -0.3 is 14.9 Å². The van der Waals surface area contributed by atoms with Gasteiger partial charge in [0, 0.05) is 0 Å². The monoisotopic (exact) mass is 234 g/mol. The smallest absolute Gasteiger partial charge is 0.479 e. The maximum atomic E-state index is 11.4. The van der Waals surface area contributed by atoms with Gasteiger partial charge in [-0.25, -0.2) is 9.71 Å². The number of rotatable bonds is 0. The van der Waals surface area contributed by atoms with Gasteiger partial charge in [0.15, 0.2) is 0 Å². The summed E-state index contributed by atoms with van der Waals surface area (Å²) in [4.78, 5) is 12.2. The first-order valence-electron chi connectivity index (χ1n) is 4.98. The summed E-state index contributed by atoms with van der Waals surface area (Å²) in [7, 11) is -0.0513. The van der Waals surface area contributed by atoms with Crippen molar-refractivity contribution in [2.24, 2.45) is 5.10 Å². The molecule has 88 valence electrons. The number of hydrogen-bond donors (Lipinski definition) is 2. The molecule has 0 spiro atoms. The summed E-state index contributed by atoms with van der Waals surface area (Å²) < 4.78 is 4.50. The van der Waals surface area contributed by atoms with E-state index < -0.39 is 13.1 Å². The number of nitrogens with zero attached hydrogens (tertiary/aromatic N) is 2. The Morgan fingerprint density at radius 2 is 2.24 bits per heavy atom. The molecule has 0 aliphatic carbocycles. The summed E-state index contributed by atoms with van der Waals surface area (Å²) in [5.74, 6) is 0.0583. The quantitative estimate of drug-likeness (QED) is 0.609. The molecule has 1 aromatic carbocycles. The van der Waals surface area contributed by atoms with Crippen LogP contribution in [0.2, 0.25) is 0 Å². The van der Waals surface area contributed by atoms with E-state index in [-0.39, 0.29) is 5.75 Å². The predicted molar refractivity (Wildman–Crippen MR) is 62.3 cm³/mol. The summed E-state index contributed by atoms with van der Waals surface area (Å²) in [5.41, 5.74) is 1.62. The Labute approximate surface area is 98.3 Å². The van der Waals surface area contributed by atoms with Crippen molar-refractivity contribution < 1.29 is 19.7 Å². The van der Waals surface area contributed by atoms with E-state index in [1.165, 1.54) is 19.4 Å². The Bertz CT molecular complexity index is 503. The highest BCUT2D eigenvalue weighted by Crippen LogP contribution is 2.18. The summed E-state index contributed by atoms with van der Waals surface area (Å²) in [6, 6.07) is 3.14. The molecule has 0 aromatic heterocycles. The molecule has 0 saturated carbocycles. The number of hydrazone groups is 1. The molecule has 0 atom stereocenters. The van der Waals surface area contributed by atoms with Gasteiger partial charge in [-0.15, -0.1) is 0 Å². The first-order valence-corrected chi connectivity index (χ1v) is 4.98. The Balaban J connectivity index is 2.50. The lowest BCUT2D eigenvalue weighted by molar-refractivity contribution is 0.145. The molecule has 0 saturated heterocycles. The fourth-order valence-corrected chi connectivity index (χ4v) is 1.74. The van der Waals surface area contributed by atoms with Crippen LogP contribution in [0, 0.1) is 6.92 Å². The minimum Gasteiger partial charge on any atom is -0.508 e. The fourth-order valence-electron chi connectivity index (χ4n) is 1.74. The van der Waals surface area contributed by atoms with Gasteiger partial charge in [0.05, 0.1) is 13.3 Å². The molecule has 1 aliphatic heterocycles. The predicted octanol–water partition coefficient (Wildman–Crippen LogP) is -0.196. The summed E-state index contributed by atoms with van der Waals surface area (Å²) >= 11 is 0. The second-order valence-corrected chi connectivity index (χ2v) is 3.65. The Kier molecular flexibility index (Phi) is 2.77. The van der Waals surface area contributed by atoms with Crippen LogP contribution in [0.5, 0.6) is 5.75 Å². The highest BCUT2D eigenvalue weighted by atomic mass is 16.5. The van der Waals surface area contributed by atoms with Gasteiger partial charge in [0.1, 0.15) is 5.75 Å². The molecule has 6 nitrogen and oxygen atoms in total. The van der Waals surface area contributed by atoms with Crippen LogP contribution in [-0.2, 0) is 4.74 Å². The number of phenolic OH excluding ortho intramolecular Hbond substituents is 1. The Morgan fingerprint density at radius 1 is 1.53 bits per heavy atom. The fraction of sp³-hybridized carbons (Fsp3) is 0.200. The third kappa shape index (κ3) is 1.74. The molecule has 0 bridgehead atoms. The average molecular weight is 234 g/mol. The van der Waals surface area contributed by atoms with Gasteiger partial charge >= 0.3 is 13.1 Å². The lowest BCUT2D eigenvalue weighted by Crippen LogP contribution is -2.53. The maximum absolute atomic E-state index is 11.4. The Morgan fingerprint density at radius 3 is 2.88 bits per heavy atom. The minimum absolute atomic E-state index is 0.0583. The first-order chi connectivity index (χ1) is 8.06. The van der Waals surface area contributed by atoms with Gasteiger partial charge in [-0.2, -0.15) is 5.10 Å². The Hall–Kier alpha value is -2.02. The van der Waals surface area contributed by atoms with E-state index in [9.17, 15) is 14.9 Å². The van der Waals surface area contributed by atoms with Crippen LogP contribution in [0.3, 0.4) is 0 Å². The van der Waals surface area contributed by atoms with E-state index in [1.807, 2.05) is 0 Å². The molecular formula is C10H11BN2O4. The topological polar surface area (TPSA) is 82.4 Å². The second-order valence-electron chi connectivity index (χ2n) is 3.65. The number of carbonyl (C=O) groups is 1. The van der Waals surface area contributed by atoms with Crippen LogP contribution in [0.25, 0.3) is 0 Å². The number of aromatic hydroxyl groups is 1. The van der Waals surface area contributed by atoms with Crippen LogP contribution < -0.4 is 5.46 Å². The van der Waals surface area contributed by atoms with E-state index in [4.69, 9.17) is 0 Å². The largest absolute Gasteiger partial charge is 0.508 e. The van der Waals surface area contributed by atoms with Crippen molar-refractivity contribution in [1.82, 2.24) is 4.92 Å². The highest BCUT2D eigenvalue weighted by Gasteiger charge is 2.36. The summed E-state index contributed by atoms with van der Waals surface area (Å²) in [5, 5.41) is 23.4. The molecule has 1 amide bonds. The number of hydrogen-bond acceptors (Lipinski definition) is 5. The molecule has 1 aromatic rings. The van der Waals surface area contributed by atoms with Crippen molar-refractivity contribution in [2.75, 3.05) is 7.11 Å². The molecule has 0 fully saturated rings. The van der Waals surface area contributed by atoms with E-state index in [1.54, 1.807) is 13.0 Å². The standard InChI is InChI=1S/C10H11BN2O4/c1-6-8(14)4-3-7-5-12-13(10(15)17-2)11(16)9(6)7/h3-5,14,16H,1-2H3. The number of methoxy groups -OCH3 is 1. The molecule has 0 radical (unpaired) electrons. The van der Waals surface area contributed by atoms with Crippen molar-refractivity contribution >= 4 is 24.8 Å². The number of carbonyl (C=O) groups excluding carboxylic acids is 1. The average Bonchev–Trinajstić information content (AvgIpc) is 2.33.